The molecule has 0 aliphatic heterocycles. The van der Waals surface area contributed by atoms with Gasteiger partial charge in [-0.3, -0.25) is 0 Å². The van der Waals surface area contributed by atoms with Crippen molar-refractivity contribution in [3.8, 4) is 0 Å². The van der Waals surface area contributed by atoms with Gasteiger partial charge < -0.3 is 15.4 Å². The molecule has 0 aromatic carbocycles. The predicted molar refractivity (Wildman–Crippen MR) is 65.9 cm³/mol. The maximum atomic E-state index is 5.33. The Kier molecular flexibility index (Phi) is 4.98. The Morgan fingerprint density at radius 1 is 1.38 bits per heavy atom. The van der Waals surface area contributed by atoms with Gasteiger partial charge in [0.15, 0.2) is 0 Å². The first-order chi connectivity index (χ1) is 7.65. The van der Waals surface area contributed by atoms with E-state index in [4.69, 9.17) is 4.74 Å². The summed E-state index contributed by atoms with van der Waals surface area (Å²) in [4.78, 5) is 8.54. The Hall–Kier alpha value is -1.36. The van der Waals surface area contributed by atoms with E-state index >= 15 is 0 Å². The zero-order chi connectivity index (χ0) is 12.0. The Labute approximate surface area is 96.6 Å². The van der Waals surface area contributed by atoms with Crippen LogP contribution in [0, 0.1) is 6.92 Å². The lowest BCUT2D eigenvalue weighted by Crippen LogP contribution is -2.22. The van der Waals surface area contributed by atoms with Gasteiger partial charge in [0.25, 0.3) is 0 Å². The van der Waals surface area contributed by atoms with E-state index in [1.54, 1.807) is 0 Å². The minimum absolute atomic E-state index is 0.235. The minimum atomic E-state index is 0.235. The smallest absolute Gasteiger partial charge is 0.132 e. The molecular weight excluding hydrogens is 204 g/mol. The highest BCUT2D eigenvalue weighted by Gasteiger charge is 2.05. The Balaban J connectivity index is 2.61. The molecule has 0 saturated heterocycles. The van der Waals surface area contributed by atoms with Crippen molar-refractivity contribution in [2.75, 3.05) is 30.9 Å². The molecule has 90 valence electrons. The lowest BCUT2D eigenvalue weighted by atomic mass is 10.3. The van der Waals surface area contributed by atoms with Crippen molar-refractivity contribution in [2.24, 2.45) is 0 Å². The summed E-state index contributed by atoms with van der Waals surface area (Å²) < 4.78 is 5.33. The van der Waals surface area contributed by atoms with Gasteiger partial charge in [0.05, 0.1) is 6.61 Å². The number of hydrogen-bond donors (Lipinski definition) is 2. The molecule has 0 aliphatic rings. The van der Waals surface area contributed by atoms with Crippen LogP contribution in [0.4, 0.5) is 11.6 Å². The molecule has 1 aromatic heterocycles. The summed E-state index contributed by atoms with van der Waals surface area (Å²) in [6.07, 6.45) is 0. The zero-order valence-electron chi connectivity index (χ0n) is 10.4. The molecule has 0 saturated carbocycles. The molecule has 1 atom stereocenters. The highest BCUT2D eigenvalue weighted by molar-refractivity contribution is 5.47. The van der Waals surface area contributed by atoms with E-state index in [1.165, 1.54) is 0 Å². The van der Waals surface area contributed by atoms with Gasteiger partial charge in [0.2, 0.25) is 0 Å². The van der Waals surface area contributed by atoms with Crippen molar-refractivity contribution < 1.29 is 4.74 Å². The molecule has 1 aromatic rings. The molecular formula is C11H20N4O. The van der Waals surface area contributed by atoms with Crippen LogP contribution in [-0.2, 0) is 4.74 Å². The first-order valence-corrected chi connectivity index (χ1v) is 5.53. The average Bonchev–Trinajstić information content (AvgIpc) is 2.25. The standard InChI is InChI=1S/C11H20N4O/c1-5-16-7-8(2)13-11-6-10(12-4)14-9(3)15-11/h6,8H,5,7H2,1-4H3,(H2,12,13,14,15). The number of aryl methyl sites for hydroxylation is 1. The van der Waals surface area contributed by atoms with Crippen molar-refractivity contribution in [1.82, 2.24) is 9.97 Å². The molecule has 0 spiro atoms. The van der Waals surface area contributed by atoms with E-state index in [1.807, 2.05) is 27.0 Å². The van der Waals surface area contributed by atoms with Gasteiger partial charge in [-0.25, -0.2) is 9.97 Å². The Morgan fingerprint density at radius 3 is 2.69 bits per heavy atom. The molecule has 5 nitrogen and oxygen atoms in total. The summed E-state index contributed by atoms with van der Waals surface area (Å²) in [5.74, 6) is 2.39. The summed E-state index contributed by atoms with van der Waals surface area (Å²) >= 11 is 0. The van der Waals surface area contributed by atoms with E-state index in [0.717, 1.165) is 24.1 Å². The zero-order valence-corrected chi connectivity index (χ0v) is 10.4. The summed E-state index contributed by atoms with van der Waals surface area (Å²) in [5, 5.41) is 6.28. The van der Waals surface area contributed by atoms with Crippen LogP contribution in [0.25, 0.3) is 0 Å². The maximum absolute atomic E-state index is 5.33. The fourth-order valence-corrected chi connectivity index (χ4v) is 1.36. The second kappa shape index (κ2) is 6.27. The van der Waals surface area contributed by atoms with Crippen LogP contribution < -0.4 is 10.6 Å². The SMILES string of the molecule is CCOCC(C)Nc1cc(NC)nc(C)n1. The lowest BCUT2D eigenvalue weighted by Gasteiger charge is -2.15. The van der Waals surface area contributed by atoms with Gasteiger partial charge in [0.1, 0.15) is 17.5 Å². The molecule has 0 aliphatic carbocycles. The van der Waals surface area contributed by atoms with Crippen LogP contribution in [0.1, 0.15) is 19.7 Å². The van der Waals surface area contributed by atoms with E-state index in [9.17, 15) is 0 Å². The van der Waals surface area contributed by atoms with Crippen LogP contribution >= 0.6 is 0 Å². The second-order valence-electron chi connectivity index (χ2n) is 3.64. The molecule has 16 heavy (non-hydrogen) atoms. The molecule has 1 unspecified atom stereocenters. The number of ether oxygens (including phenoxy) is 1. The Morgan fingerprint density at radius 2 is 2.06 bits per heavy atom. The van der Waals surface area contributed by atoms with E-state index in [-0.39, 0.29) is 6.04 Å². The van der Waals surface area contributed by atoms with Gasteiger partial charge >= 0.3 is 0 Å². The van der Waals surface area contributed by atoms with Crippen LogP contribution in [-0.4, -0.2) is 36.3 Å². The molecule has 0 radical (unpaired) electrons. The fraction of sp³-hybridized carbons (Fsp3) is 0.636. The van der Waals surface area contributed by atoms with Crippen molar-refractivity contribution in [2.45, 2.75) is 26.8 Å². The van der Waals surface area contributed by atoms with Crippen LogP contribution in [0.5, 0.6) is 0 Å². The number of aromatic nitrogens is 2. The summed E-state index contributed by atoms with van der Waals surface area (Å²) in [6.45, 7) is 7.33. The molecule has 0 fully saturated rings. The van der Waals surface area contributed by atoms with Crippen molar-refractivity contribution in [1.29, 1.82) is 0 Å². The highest BCUT2D eigenvalue weighted by Crippen LogP contribution is 2.11. The summed E-state index contributed by atoms with van der Waals surface area (Å²) in [5.41, 5.74) is 0. The molecule has 1 heterocycles. The monoisotopic (exact) mass is 224 g/mol. The number of nitrogens with zero attached hydrogens (tertiary/aromatic N) is 2. The topological polar surface area (TPSA) is 59.1 Å². The summed E-state index contributed by atoms with van der Waals surface area (Å²) in [7, 11) is 1.84. The van der Waals surface area contributed by atoms with Gasteiger partial charge in [-0.05, 0) is 20.8 Å². The van der Waals surface area contributed by atoms with E-state index in [0.29, 0.717) is 6.61 Å². The lowest BCUT2D eigenvalue weighted by molar-refractivity contribution is 0.141. The quantitative estimate of drug-likeness (QED) is 0.769. The third-order valence-electron chi connectivity index (χ3n) is 2.06. The largest absolute Gasteiger partial charge is 0.380 e. The minimum Gasteiger partial charge on any atom is -0.380 e. The Bertz CT molecular complexity index is 330. The third kappa shape index (κ3) is 4.02. The van der Waals surface area contributed by atoms with Crippen LogP contribution in [0.2, 0.25) is 0 Å². The normalized spacial score (nSPS) is 12.2. The first-order valence-electron chi connectivity index (χ1n) is 5.53. The van der Waals surface area contributed by atoms with Crippen LogP contribution in [0.15, 0.2) is 6.07 Å². The van der Waals surface area contributed by atoms with Gasteiger partial charge in [-0.2, -0.15) is 0 Å². The van der Waals surface area contributed by atoms with E-state index < -0.39 is 0 Å². The molecule has 5 heteroatoms. The summed E-state index contributed by atoms with van der Waals surface area (Å²) in [6, 6.07) is 2.12. The molecule has 1 rings (SSSR count). The average molecular weight is 224 g/mol. The number of nitrogens with one attached hydrogen (secondary N) is 2. The number of rotatable bonds is 6. The fourth-order valence-electron chi connectivity index (χ4n) is 1.36. The predicted octanol–water partition coefficient (Wildman–Crippen LogP) is 1.66. The maximum Gasteiger partial charge on any atom is 0.132 e. The molecule has 2 N–H and O–H groups in total. The number of anilines is 2. The first kappa shape index (κ1) is 12.7. The van der Waals surface area contributed by atoms with Crippen molar-refractivity contribution in [3.63, 3.8) is 0 Å². The molecule has 0 bridgehead atoms. The van der Waals surface area contributed by atoms with Gasteiger partial charge in [-0.1, -0.05) is 0 Å². The van der Waals surface area contributed by atoms with Gasteiger partial charge in [-0.15, -0.1) is 0 Å². The second-order valence-corrected chi connectivity index (χ2v) is 3.64. The molecule has 0 amide bonds. The van der Waals surface area contributed by atoms with Crippen LogP contribution in [0.3, 0.4) is 0 Å². The van der Waals surface area contributed by atoms with Crippen molar-refractivity contribution >= 4 is 11.6 Å². The highest BCUT2D eigenvalue weighted by atomic mass is 16.5. The van der Waals surface area contributed by atoms with Crippen molar-refractivity contribution in [3.05, 3.63) is 11.9 Å². The third-order valence-corrected chi connectivity index (χ3v) is 2.06. The van der Waals surface area contributed by atoms with E-state index in [2.05, 4.69) is 27.5 Å². The van der Waals surface area contributed by atoms with Gasteiger partial charge in [0, 0.05) is 25.8 Å². The number of hydrogen-bond acceptors (Lipinski definition) is 5.